The van der Waals surface area contributed by atoms with Gasteiger partial charge >= 0.3 is 0 Å². The lowest BCUT2D eigenvalue weighted by Gasteiger charge is -2.13. The zero-order chi connectivity index (χ0) is 33.9. The van der Waals surface area contributed by atoms with E-state index in [2.05, 4.69) is 174 Å². The van der Waals surface area contributed by atoms with Crippen LogP contribution in [0.2, 0.25) is 0 Å². The molecule has 9 aromatic carbocycles. The van der Waals surface area contributed by atoms with E-state index in [4.69, 9.17) is 4.98 Å². The first-order chi connectivity index (χ1) is 25.7. The second-order valence-corrected chi connectivity index (χ2v) is 15.0. The number of nitrogens with zero attached hydrogens (tertiary/aromatic N) is 2. The molecule has 240 valence electrons. The molecule has 0 amide bonds. The molecule has 0 aliphatic rings. The van der Waals surface area contributed by atoms with Gasteiger partial charge in [0.25, 0.3) is 0 Å². The van der Waals surface area contributed by atoms with Crippen LogP contribution in [0, 0.1) is 0 Å². The van der Waals surface area contributed by atoms with E-state index in [-0.39, 0.29) is 0 Å². The third kappa shape index (κ3) is 3.97. The van der Waals surface area contributed by atoms with Gasteiger partial charge in [-0.1, -0.05) is 115 Å². The van der Waals surface area contributed by atoms with Gasteiger partial charge in [-0.3, -0.25) is 0 Å². The number of hydrogen-bond donors (Lipinski definition) is 0. The number of pyridine rings is 1. The molecule has 0 spiro atoms. The summed E-state index contributed by atoms with van der Waals surface area (Å²) in [5, 5.41) is 15.2. The number of hydrogen-bond acceptors (Lipinski definition) is 2. The monoisotopic (exact) mass is 676 g/mol. The van der Waals surface area contributed by atoms with Crippen LogP contribution in [0.15, 0.2) is 170 Å². The van der Waals surface area contributed by atoms with E-state index in [1.54, 1.807) is 0 Å². The lowest BCUT2D eigenvalue weighted by Crippen LogP contribution is -1.94. The molecule has 12 aromatic rings. The molecular weight excluding hydrogens is 649 g/mol. The molecule has 0 fully saturated rings. The first kappa shape index (κ1) is 28.2. The molecule has 3 aromatic heterocycles. The molecule has 0 aliphatic heterocycles. The zero-order valence-electron chi connectivity index (χ0n) is 28.0. The highest BCUT2D eigenvalue weighted by atomic mass is 32.1. The fourth-order valence-electron chi connectivity index (χ4n) is 8.68. The maximum absolute atomic E-state index is 5.34. The molecule has 0 aliphatic carbocycles. The van der Waals surface area contributed by atoms with E-state index in [9.17, 15) is 0 Å². The van der Waals surface area contributed by atoms with Crippen LogP contribution in [0.4, 0.5) is 0 Å². The Morgan fingerprint density at radius 2 is 0.942 bits per heavy atom. The first-order valence-corrected chi connectivity index (χ1v) is 18.6. The summed E-state index contributed by atoms with van der Waals surface area (Å²) in [6.45, 7) is 0. The van der Waals surface area contributed by atoms with Crippen molar-refractivity contribution in [3.05, 3.63) is 170 Å². The summed E-state index contributed by atoms with van der Waals surface area (Å²) in [4.78, 5) is 5.34. The van der Waals surface area contributed by atoms with Crippen molar-refractivity contribution in [1.29, 1.82) is 0 Å². The van der Waals surface area contributed by atoms with Crippen LogP contribution in [0.5, 0.6) is 0 Å². The highest BCUT2D eigenvalue weighted by Gasteiger charge is 2.21. The first-order valence-electron chi connectivity index (χ1n) is 17.8. The van der Waals surface area contributed by atoms with Gasteiger partial charge < -0.3 is 4.57 Å². The van der Waals surface area contributed by atoms with Crippen LogP contribution in [-0.4, -0.2) is 9.55 Å². The van der Waals surface area contributed by atoms with E-state index in [1.807, 2.05) is 11.3 Å². The van der Waals surface area contributed by atoms with E-state index in [0.717, 1.165) is 27.9 Å². The average molecular weight is 677 g/mol. The lowest BCUT2D eigenvalue weighted by atomic mass is 9.98. The van der Waals surface area contributed by atoms with E-state index >= 15 is 0 Å². The van der Waals surface area contributed by atoms with Gasteiger partial charge in [-0.2, -0.15) is 0 Å². The Kier molecular flexibility index (Phi) is 5.68. The summed E-state index contributed by atoms with van der Waals surface area (Å²) in [7, 11) is 0. The molecule has 0 radical (unpaired) electrons. The van der Waals surface area contributed by atoms with Crippen molar-refractivity contribution in [3.63, 3.8) is 0 Å². The van der Waals surface area contributed by atoms with Gasteiger partial charge in [0.2, 0.25) is 0 Å². The Labute approximate surface area is 302 Å². The van der Waals surface area contributed by atoms with E-state index < -0.39 is 0 Å². The number of rotatable bonds is 3. The van der Waals surface area contributed by atoms with Crippen LogP contribution in [0.25, 0.3) is 113 Å². The normalized spacial score (nSPS) is 12.2. The molecule has 2 nitrogen and oxygen atoms in total. The van der Waals surface area contributed by atoms with Crippen molar-refractivity contribution in [1.82, 2.24) is 9.55 Å². The zero-order valence-corrected chi connectivity index (χ0v) is 28.8. The fraction of sp³-hybridized carbons (Fsp3) is 0. The van der Waals surface area contributed by atoms with Gasteiger partial charge in [-0.25, -0.2) is 4.98 Å². The Morgan fingerprint density at radius 3 is 1.71 bits per heavy atom. The summed E-state index contributed by atoms with van der Waals surface area (Å²) in [6.07, 6.45) is 0. The summed E-state index contributed by atoms with van der Waals surface area (Å²) in [5.41, 5.74) is 7.90. The molecule has 52 heavy (non-hydrogen) atoms. The van der Waals surface area contributed by atoms with Crippen molar-refractivity contribution < 1.29 is 0 Å². The molecule has 0 N–H and O–H groups in total. The minimum Gasteiger partial charge on any atom is -0.309 e. The molecule has 0 unspecified atom stereocenters. The lowest BCUT2D eigenvalue weighted by molar-refractivity contribution is 1.19. The molecule has 0 saturated carbocycles. The molecule has 3 heterocycles. The Bertz CT molecular complexity index is 3320. The number of benzene rings is 9. The van der Waals surface area contributed by atoms with Crippen LogP contribution in [0.3, 0.4) is 0 Å². The molecular formula is C49H28N2S. The Morgan fingerprint density at radius 1 is 0.385 bits per heavy atom. The molecule has 0 atom stereocenters. The predicted octanol–water partition coefficient (Wildman–Crippen LogP) is 13.9. The standard InChI is InChI=1S/C49H28N2S/c1-2-8-32-26-37(18-15-29(32)7-1)49-39-12-4-3-9-35(39)28-40(50-49)36-17-16-34-27-38(22-19-33(34)25-36)51-41-23-20-30-10-5-13-43-45(30)47(41)48-42(51)24-21-31-11-6-14-44(52-43)46(31)48/h1-28H. The summed E-state index contributed by atoms with van der Waals surface area (Å²) >= 11 is 1.90. The van der Waals surface area contributed by atoms with Gasteiger partial charge in [0, 0.05) is 53.1 Å². The van der Waals surface area contributed by atoms with Gasteiger partial charge in [0.05, 0.1) is 22.4 Å². The average Bonchev–Trinajstić information content (AvgIpc) is 3.46. The van der Waals surface area contributed by atoms with Crippen molar-refractivity contribution >= 4 is 96.4 Å². The topological polar surface area (TPSA) is 17.8 Å². The van der Waals surface area contributed by atoms with Crippen molar-refractivity contribution in [2.75, 3.05) is 0 Å². The largest absolute Gasteiger partial charge is 0.309 e. The molecule has 3 heteroatoms. The van der Waals surface area contributed by atoms with Crippen LogP contribution < -0.4 is 0 Å². The summed E-state index contributed by atoms with van der Waals surface area (Å²) in [5.74, 6) is 0. The van der Waals surface area contributed by atoms with E-state index in [0.29, 0.717) is 0 Å². The molecule has 12 rings (SSSR count). The van der Waals surface area contributed by atoms with Gasteiger partial charge in [-0.05, 0) is 92.3 Å². The van der Waals surface area contributed by atoms with Crippen LogP contribution in [0.1, 0.15) is 0 Å². The van der Waals surface area contributed by atoms with Crippen molar-refractivity contribution in [2.45, 2.75) is 0 Å². The highest BCUT2D eigenvalue weighted by molar-refractivity contribution is 7.24. The number of aromatic nitrogens is 2. The van der Waals surface area contributed by atoms with Gasteiger partial charge in [0.15, 0.2) is 0 Å². The van der Waals surface area contributed by atoms with Crippen LogP contribution in [-0.2, 0) is 0 Å². The maximum atomic E-state index is 5.34. The molecule has 0 bridgehead atoms. The van der Waals surface area contributed by atoms with E-state index in [1.165, 1.54) is 85.4 Å². The quantitative estimate of drug-likeness (QED) is 0.182. The fourth-order valence-corrected chi connectivity index (χ4v) is 9.85. The van der Waals surface area contributed by atoms with Gasteiger partial charge in [0.1, 0.15) is 0 Å². The minimum atomic E-state index is 0.980. The van der Waals surface area contributed by atoms with Crippen molar-refractivity contribution in [2.24, 2.45) is 0 Å². The third-order valence-corrected chi connectivity index (χ3v) is 12.2. The predicted molar refractivity (Wildman–Crippen MR) is 224 cm³/mol. The maximum Gasteiger partial charge on any atom is 0.0788 e. The van der Waals surface area contributed by atoms with Crippen molar-refractivity contribution in [3.8, 4) is 28.2 Å². The SMILES string of the molecule is c1ccc2cc(-c3nc(-c4ccc5cc(-n6c7ccc8cccc9sc%10cccc%11ccc6c(c%11%10)c7c89)ccc5c4)cc4ccccc34)ccc2c1. The minimum absolute atomic E-state index is 0.980. The second kappa shape index (κ2) is 10.5. The highest BCUT2D eigenvalue weighted by Crippen LogP contribution is 2.46. The Hall–Kier alpha value is -6.55. The summed E-state index contributed by atoms with van der Waals surface area (Å²) in [6, 6.07) is 62.4. The summed E-state index contributed by atoms with van der Waals surface area (Å²) < 4.78 is 5.12. The van der Waals surface area contributed by atoms with Crippen LogP contribution >= 0.6 is 11.3 Å². The number of fused-ring (bicyclic) bond motifs is 3. The smallest absolute Gasteiger partial charge is 0.0788 e. The van der Waals surface area contributed by atoms with Gasteiger partial charge in [-0.15, -0.1) is 11.3 Å². The molecule has 0 saturated heterocycles. The third-order valence-electron chi connectivity index (χ3n) is 11.1. The Balaban J connectivity index is 1.04. The second-order valence-electron chi connectivity index (χ2n) is 14.0.